The summed E-state index contributed by atoms with van der Waals surface area (Å²) in [6.07, 6.45) is 0. The lowest BCUT2D eigenvalue weighted by molar-refractivity contribution is -0.384. The highest BCUT2D eigenvalue weighted by Gasteiger charge is 2.13. The fourth-order valence-corrected chi connectivity index (χ4v) is 4.74. The number of benzene rings is 3. The van der Waals surface area contributed by atoms with Crippen LogP contribution in [0, 0.1) is 10.1 Å². The van der Waals surface area contributed by atoms with Gasteiger partial charge in [0.2, 0.25) is 11.0 Å². The number of carbonyl (C=O) groups excluding carboxylic acids is 1. The van der Waals surface area contributed by atoms with E-state index in [1.165, 1.54) is 41.3 Å². The van der Waals surface area contributed by atoms with Crippen LogP contribution < -0.4 is 15.4 Å². The Bertz CT molecular complexity index is 1300. The Morgan fingerprint density at radius 1 is 1.06 bits per heavy atom. The number of amides is 1. The van der Waals surface area contributed by atoms with Crippen LogP contribution in [0.15, 0.2) is 81.6 Å². The minimum Gasteiger partial charge on any atom is -0.457 e. The molecule has 3 aromatic carbocycles. The van der Waals surface area contributed by atoms with Crippen LogP contribution in [0.2, 0.25) is 0 Å². The molecule has 1 aromatic heterocycles. The first-order chi connectivity index (χ1) is 16.5. The predicted molar refractivity (Wildman–Crippen MR) is 136 cm³/mol. The first-order valence-electron chi connectivity index (χ1n) is 9.76. The average Bonchev–Trinajstić information content (AvgIpc) is 3.28. The number of nitro benzene ring substituents is 1. The second-order valence-corrected chi connectivity index (χ2v) is 9.75. The van der Waals surface area contributed by atoms with Crippen LogP contribution in [-0.4, -0.2) is 26.8 Å². The van der Waals surface area contributed by atoms with Gasteiger partial charge >= 0.3 is 0 Å². The molecule has 0 saturated carbocycles. The molecule has 4 rings (SSSR count). The van der Waals surface area contributed by atoms with Gasteiger partial charge in [-0.3, -0.25) is 14.9 Å². The number of non-ortho nitro benzene ring substituents is 1. The highest BCUT2D eigenvalue weighted by Crippen LogP contribution is 2.30. The van der Waals surface area contributed by atoms with Gasteiger partial charge in [0.05, 0.1) is 16.4 Å². The maximum Gasteiger partial charge on any atom is 0.270 e. The third kappa shape index (κ3) is 6.53. The van der Waals surface area contributed by atoms with Crippen molar-refractivity contribution in [3.8, 4) is 11.5 Å². The van der Waals surface area contributed by atoms with Crippen LogP contribution in [0.25, 0.3) is 0 Å². The van der Waals surface area contributed by atoms with Crippen molar-refractivity contribution >= 4 is 67.1 Å². The fourth-order valence-electron chi connectivity index (χ4n) is 2.71. The second kappa shape index (κ2) is 11.1. The quantitative estimate of drug-likeness (QED) is 0.136. The number of nitrogens with zero attached hydrogens (tertiary/aromatic N) is 3. The molecule has 0 aliphatic heterocycles. The third-order valence-corrected chi connectivity index (χ3v) is 6.88. The van der Waals surface area contributed by atoms with Crippen molar-refractivity contribution in [3.05, 3.63) is 87.4 Å². The highest BCUT2D eigenvalue weighted by molar-refractivity contribution is 9.10. The first kappa shape index (κ1) is 23.7. The van der Waals surface area contributed by atoms with Crippen molar-refractivity contribution < 1.29 is 14.5 Å². The van der Waals surface area contributed by atoms with Crippen LogP contribution in [0.3, 0.4) is 0 Å². The molecule has 2 N–H and O–H groups in total. The Kier molecular flexibility index (Phi) is 7.72. The van der Waals surface area contributed by atoms with E-state index in [-0.39, 0.29) is 17.3 Å². The molecule has 0 bridgehead atoms. The molecular formula is C22H16BrN5O4S2. The molecule has 0 atom stereocenters. The number of thioether (sulfide) groups is 1. The number of carbonyl (C=O) groups is 1. The smallest absolute Gasteiger partial charge is 0.270 e. The lowest BCUT2D eigenvalue weighted by Crippen LogP contribution is -2.14. The summed E-state index contributed by atoms with van der Waals surface area (Å²) in [6, 6.07) is 21.1. The van der Waals surface area contributed by atoms with Gasteiger partial charge in [0.25, 0.3) is 5.69 Å². The van der Waals surface area contributed by atoms with E-state index in [1.54, 1.807) is 0 Å². The lowest BCUT2D eigenvalue weighted by atomic mass is 10.3. The van der Waals surface area contributed by atoms with Crippen molar-refractivity contribution in [2.24, 2.45) is 0 Å². The number of ether oxygens (including phenoxy) is 1. The topological polar surface area (TPSA) is 119 Å². The van der Waals surface area contributed by atoms with E-state index in [9.17, 15) is 14.9 Å². The van der Waals surface area contributed by atoms with Crippen molar-refractivity contribution in [2.75, 3.05) is 16.4 Å². The number of nitro groups is 1. The van der Waals surface area contributed by atoms with Crippen molar-refractivity contribution in [1.29, 1.82) is 0 Å². The number of hydrogen-bond acceptors (Lipinski definition) is 9. The van der Waals surface area contributed by atoms with E-state index < -0.39 is 4.92 Å². The van der Waals surface area contributed by atoms with Gasteiger partial charge in [-0.25, -0.2) is 0 Å². The van der Waals surface area contributed by atoms with Gasteiger partial charge in [-0.2, -0.15) is 0 Å². The van der Waals surface area contributed by atoms with Gasteiger partial charge in [0.1, 0.15) is 11.5 Å². The van der Waals surface area contributed by atoms with E-state index in [2.05, 4.69) is 36.8 Å². The lowest BCUT2D eigenvalue weighted by Gasteiger charge is -2.07. The maximum atomic E-state index is 12.3. The summed E-state index contributed by atoms with van der Waals surface area (Å²) in [5.74, 6) is 1.33. The molecule has 34 heavy (non-hydrogen) atoms. The molecule has 172 valence electrons. The molecule has 0 radical (unpaired) electrons. The molecule has 12 heteroatoms. The number of anilines is 3. The molecule has 0 aliphatic rings. The Morgan fingerprint density at radius 2 is 1.79 bits per heavy atom. The molecule has 9 nitrogen and oxygen atoms in total. The molecule has 0 spiro atoms. The van der Waals surface area contributed by atoms with Crippen LogP contribution in [0.1, 0.15) is 0 Å². The van der Waals surface area contributed by atoms with E-state index in [1.807, 2.05) is 54.6 Å². The van der Waals surface area contributed by atoms with E-state index in [0.29, 0.717) is 19.6 Å². The maximum absolute atomic E-state index is 12.3. The Labute approximate surface area is 210 Å². The normalized spacial score (nSPS) is 10.5. The summed E-state index contributed by atoms with van der Waals surface area (Å²) in [6.45, 7) is 0. The third-order valence-electron chi connectivity index (χ3n) is 4.26. The van der Waals surface area contributed by atoms with Crippen LogP contribution in [-0.2, 0) is 4.79 Å². The zero-order valence-corrected chi connectivity index (χ0v) is 20.5. The van der Waals surface area contributed by atoms with E-state index >= 15 is 0 Å². The monoisotopic (exact) mass is 557 g/mol. The SMILES string of the molecule is O=C(CSc1nnc(Nc2ccc(Oc3ccccc3)cc2)s1)Nc1ccc([N+](=O)[O-])cc1Br. The summed E-state index contributed by atoms with van der Waals surface area (Å²) < 4.78 is 6.84. The summed E-state index contributed by atoms with van der Waals surface area (Å²) >= 11 is 5.80. The van der Waals surface area contributed by atoms with Crippen LogP contribution in [0.5, 0.6) is 11.5 Å². The molecule has 1 amide bonds. The summed E-state index contributed by atoms with van der Waals surface area (Å²) in [7, 11) is 0. The molecular weight excluding hydrogens is 542 g/mol. The predicted octanol–water partition coefficient (Wildman–Crippen LogP) is 6.48. The Hall–Kier alpha value is -3.48. The van der Waals surface area contributed by atoms with Crippen LogP contribution >= 0.6 is 39.0 Å². The van der Waals surface area contributed by atoms with Gasteiger partial charge in [0.15, 0.2) is 4.34 Å². The summed E-state index contributed by atoms with van der Waals surface area (Å²) in [4.78, 5) is 22.6. The molecule has 0 saturated heterocycles. The second-order valence-electron chi connectivity index (χ2n) is 6.70. The first-order valence-corrected chi connectivity index (χ1v) is 12.4. The average molecular weight is 558 g/mol. The summed E-state index contributed by atoms with van der Waals surface area (Å²) in [5.41, 5.74) is 1.22. The number of nitrogens with one attached hydrogen (secondary N) is 2. The minimum absolute atomic E-state index is 0.0634. The molecule has 1 heterocycles. The van der Waals surface area contributed by atoms with Crippen molar-refractivity contribution in [3.63, 3.8) is 0 Å². The Balaban J connectivity index is 1.27. The molecule has 0 aliphatic carbocycles. The van der Waals surface area contributed by atoms with Gasteiger partial charge < -0.3 is 15.4 Å². The summed E-state index contributed by atoms with van der Waals surface area (Å²) in [5, 5.41) is 25.5. The standard InChI is InChI=1S/C22H16BrN5O4S2/c23-18-12-15(28(30)31)8-11-19(18)25-20(29)13-33-22-27-26-21(34-22)24-14-6-9-17(10-7-14)32-16-4-2-1-3-5-16/h1-12H,13H2,(H,24,26)(H,25,29). The number of aromatic nitrogens is 2. The molecule has 0 fully saturated rings. The number of halogens is 1. The zero-order chi connectivity index (χ0) is 23.9. The van der Waals surface area contributed by atoms with Gasteiger partial charge in [0, 0.05) is 22.3 Å². The largest absolute Gasteiger partial charge is 0.457 e. The van der Waals surface area contributed by atoms with Crippen molar-refractivity contribution in [1.82, 2.24) is 10.2 Å². The molecule has 0 unspecified atom stereocenters. The van der Waals surface area contributed by atoms with E-state index in [4.69, 9.17) is 4.74 Å². The van der Waals surface area contributed by atoms with Crippen LogP contribution in [0.4, 0.5) is 22.2 Å². The van der Waals surface area contributed by atoms with E-state index in [0.717, 1.165) is 17.2 Å². The fraction of sp³-hybridized carbons (Fsp3) is 0.0455. The molecule has 4 aromatic rings. The van der Waals surface area contributed by atoms with Crippen molar-refractivity contribution in [2.45, 2.75) is 4.34 Å². The highest BCUT2D eigenvalue weighted by atomic mass is 79.9. The van der Waals surface area contributed by atoms with Gasteiger partial charge in [-0.1, -0.05) is 41.3 Å². The Morgan fingerprint density at radius 3 is 2.50 bits per heavy atom. The number of rotatable bonds is 9. The van der Waals surface area contributed by atoms with Gasteiger partial charge in [-0.05, 0) is 58.4 Å². The van der Waals surface area contributed by atoms with Gasteiger partial charge in [-0.15, -0.1) is 10.2 Å². The number of hydrogen-bond donors (Lipinski definition) is 2. The number of para-hydroxylation sites is 1. The minimum atomic E-state index is -0.500. The zero-order valence-electron chi connectivity index (χ0n) is 17.3.